The third kappa shape index (κ3) is 73.8. The zero-order valence-electron chi connectivity index (χ0n) is 96.7. The van der Waals surface area contributed by atoms with Crippen molar-refractivity contribution in [3.05, 3.63) is 95.1 Å². The van der Waals surface area contributed by atoms with Crippen LogP contribution in [0, 0.1) is 94.7 Å². The van der Waals surface area contributed by atoms with Crippen molar-refractivity contribution in [2.45, 2.75) is 550 Å². The first kappa shape index (κ1) is 130. The lowest BCUT2D eigenvalue weighted by molar-refractivity contribution is 0.453. The Kier molecular flexibility index (Phi) is 77.2. The molecule has 0 atom stereocenters. The second-order valence-corrected chi connectivity index (χ2v) is 47.3. The molecule has 24 heteroatoms. The summed E-state index contributed by atoms with van der Waals surface area (Å²) >= 11 is 0. The standard InChI is InChI=1S/C17H33N3.7C14H27N3/c1-15(2)10-8-6-5-7-9-11-17-14-18-19-20(17)13-12-16(3)4;2*1-12(2)7-5-9-14-11-15-16-17(14)10-6-8-13(3)4;1-12(2)7-5-6-10-17-14(11-15-16-17)9-8-13(3)4;2*1-12(2)7-5-6-8-14-11-15-16-17(14)10-9-13(3)4;2*1-12(2)8-6-5-7-9-14-10-15-16-17(14)11-13(3)4/h14-16H,5-13H2,1-4H3;5*11-13H,5-10H2,1-4H3;2*10,12-13H,5-9,11H2,1-4H3. The van der Waals surface area contributed by atoms with Gasteiger partial charge in [0, 0.05) is 52.4 Å². The van der Waals surface area contributed by atoms with Crippen LogP contribution in [0.2, 0.25) is 0 Å². The SMILES string of the molecule is CC(C)CCCCCCCc1cnnn1CCC(C)C.CC(C)CCCCCc1cnnn1CC(C)C.CC(C)CCCCCc1cnnn1CC(C)C.CC(C)CCCCc1cnnn1CCC(C)C.CC(C)CCCCc1cnnn1CCC(C)C.CC(C)CCCCn1nncc1CCC(C)C.CC(C)CCCc1cnnn1CCCC(C)C.CC(C)CCCc1cnnn1CCCC(C)C. The molecule has 0 saturated heterocycles. The van der Waals surface area contributed by atoms with E-state index in [2.05, 4.69) is 342 Å². The van der Waals surface area contributed by atoms with Crippen LogP contribution < -0.4 is 0 Å². The fourth-order valence-corrected chi connectivity index (χ4v) is 16.2. The van der Waals surface area contributed by atoms with Crippen LogP contribution in [-0.4, -0.2) is 120 Å². The Labute approximate surface area is 854 Å². The molecular formula is C115H222N24. The molecule has 139 heavy (non-hydrogen) atoms. The minimum Gasteiger partial charge on any atom is -0.249 e. The third-order valence-corrected chi connectivity index (χ3v) is 25.1. The number of aryl methyl sites for hydroxylation is 14. The second-order valence-electron chi connectivity index (χ2n) is 47.3. The van der Waals surface area contributed by atoms with Crippen molar-refractivity contribution >= 4 is 0 Å². The molecule has 0 aromatic carbocycles. The Morgan fingerprint density at radius 3 is 0.540 bits per heavy atom. The summed E-state index contributed by atoms with van der Waals surface area (Å²) in [6.45, 7) is 80.7. The van der Waals surface area contributed by atoms with E-state index in [0.717, 1.165) is 187 Å². The van der Waals surface area contributed by atoms with E-state index in [4.69, 9.17) is 0 Å². The van der Waals surface area contributed by atoms with Gasteiger partial charge >= 0.3 is 0 Å². The van der Waals surface area contributed by atoms with Crippen LogP contribution in [0.5, 0.6) is 0 Å². The summed E-state index contributed by atoms with van der Waals surface area (Å²) in [6.07, 6.45) is 69.5. The highest BCUT2D eigenvalue weighted by atomic mass is 15.5. The van der Waals surface area contributed by atoms with Crippen molar-refractivity contribution in [1.29, 1.82) is 0 Å². The van der Waals surface area contributed by atoms with E-state index in [1.165, 1.54) is 270 Å². The van der Waals surface area contributed by atoms with E-state index in [-0.39, 0.29) is 0 Å². The van der Waals surface area contributed by atoms with Gasteiger partial charge < -0.3 is 0 Å². The average Bonchev–Trinajstić information content (AvgIpc) is 1.63. The summed E-state index contributed by atoms with van der Waals surface area (Å²) in [4.78, 5) is 0. The highest BCUT2D eigenvalue weighted by Gasteiger charge is 2.15. The second kappa shape index (κ2) is 82.4. The van der Waals surface area contributed by atoms with E-state index >= 15 is 0 Å². The Balaban J connectivity index is 0.000000795. The lowest BCUT2D eigenvalue weighted by atomic mass is 10.0. The minimum atomic E-state index is 0.636. The van der Waals surface area contributed by atoms with Gasteiger partial charge in [-0.15, -0.1) is 40.8 Å². The van der Waals surface area contributed by atoms with Gasteiger partial charge in [0.05, 0.1) is 95.1 Å². The minimum absolute atomic E-state index is 0.636. The molecule has 0 aliphatic rings. The maximum absolute atomic E-state index is 4.20. The van der Waals surface area contributed by atoms with Gasteiger partial charge in [-0.1, -0.05) is 385 Å². The van der Waals surface area contributed by atoms with E-state index in [9.17, 15) is 0 Å². The largest absolute Gasteiger partial charge is 0.249 e. The Morgan fingerprint density at radius 2 is 0.295 bits per heavy atom. The average molecular weight is 1940 g/mol. The van der Waals surface area contributed by atoms with E-state index in [0.29, 0.717) is 11.8 Å². The molecule has 8 aromatic rings. The fraction of sp³-hybridized carbons (Fsp3) is 0.861. The van der Waals surface area contributed by atoms with Crippen LogP contribution in [0.25, 0.3) is 0 Å². The number of hydrogen-bond acceptors (Lipinski definition) is 16. The van der Waals surface area contributed by atoms with Gasteiger partial charge in [0.15, 0.2) is 0 Å². The molecule has 802 valence electrons. The topological polar surface area (TPSA) is 246 Å². The summed E-state index contributed by atoms with van der Waals surface area (Å²) in [6, 6.07) is 0. The van der Waals surface area contributed by atoms with Gasteiger partial charge in [0.25, 0.3) is 0 Å². The molecular weight excluding hydrogens is 1720 g/mol. The van der Waals surface area contributed by atoms with Crippen molar-refractivity contribution in [3.63, 3.8) is 0 Å². The summed E-state index contributed by atoms with van der Waals surface area (Å²) < 4.78 is 16.6. The third-order valence-electron chi connectivity index (χ3n) is 25.1. The maximum Gasteiger partial charge on any atom is 0.0725 e. The summed E-state index contributed by atoms with van der Waals surface area (Å²) in [5, 5.41) is 65.6. The monoisotopic (exact) mass is 1940 g/mol. The van der Waals surface area contributed by atoms with Crippen LogP contribution in [0.3, 0.4) is 0 Å². The van der Waals surface area contributed by atoms with Crippen LogP contribution in [0.15, 0.2) is 49.6 Å². The zero-order chi connectivity index (χ0) is 104. The number of unbranched alkanes of at least 4 members (excludes halogenated alkanes) is 11. The smallest absolute Gasteiger partial charge is 0.0725 e. The van der Waals surface area contributed by atoms with Gasteiger partial charge in [0.2, 0.25) is 0 Å². The summed E-state index contributed by atoms with van der Waals surface area (Å²) in [7, 11) is 0. The lowest BCUT2D eigenvalue weighted by Gasteiger charge is -2.08. The number of aromatic nitrogens is 24. The zero-order valence-corrected chi connectivity index (χ0v) is 96.7. The van der Waals surface area contributed by atoms with Gasteiger partial charge in [-0.25, -0.2) is 37.5 Å². The first-order chi connectivity index (χ1) is 66.2. The Hall–Kier alpha value is -6.88. The molecule has 8 heterocycles. The van der Waals surface area contributed by atoms with Gasteiger partial charge in [0.1, 0.15) is 0 Å². The Morgan fingerprint density at radius 1 is 0.137 bits per heavy atom. The molecule has 0 unspecified atom stereocenters. The first-order valence-electron chi connectivity index (χ1n) is 57.2. The maximum atomic E-state index is 4.20. The molecule has 8 aromatic heterocycles. The number of nitrogens with zero attached hydrogens (tertiary/aromatic N) is 24. The normalized spacial score (nSPS) is 11.7. The number of rotatable bonds is 67. The first-order valence-corrected chi connectivity index (χ1v) is 57.2. The predicted octanol–water partition coefficient (Wildman–Crippen LogP) is 30.7. The lowest BCUT2D eigenvalue weighted by Crippen LogP contribution is -2.09. The van der Waals surface area contributed by atoms with E-state index in [1.807, 2.05) is 49.6 Å². The van der Waals surface area contributed by atoms with E-state index < -0.39 is 0 Å². The van der Waals surface area contributed by atoms with Crippen LogP contribution in [-0.2, 0) is 104 Å². The van der Waals surface area contributed by atoms with Gasteiger partial charge in [-0.05, 0) is 249 Å². The Bertz CT molecular complexity index is 3640. The summed E-state index contributed by atoms with van der Waals surface area (Å²) in [5.41, 5.74) is 10.4. The fourth-order valence-electron chi connectivity index (χ4n) is 16.2. The molecule has 0 N–H and O–H groups in total. The van der Waals surface area contributed by atoms with Crippen LogP contribution in [0.4, 0.5) is 0 Å². The number of hydrogen-bond donors (Lipinski definition) is 0. The van der Waals surface area contributed by atoms with Crippen molar-refractivity contribution in [3.8, 4) is 0 Å². The molecule has 24 nitrogen and oxygen atoms in total. The molecule has 0 fully saturated rings. The van der Waals surface area contributed by atoms with Crippen LogP contribution >= 0.6 is 0 Å². The molecule has 0 spiro atoms. The summed E-state index contributed by atoms with van der Waals surface area (Å²) in [5.74, 6) is 12.3. The van der Waals surface area contributed by atoms with Gasteiger partial charge in [-0.2, -0.15) is 0 Å². The molecule has 0 saturated carbocycles. The quantitative estimate of drug-likeness (QED) is 0.0322. The van der Waals surface area contributed by atoms with Crippen molar-refractivity contribution in [2.75, 3.05) is 0 Å². The molecule has 8 rings (SSSR count). The van der Waals surface area contributed by atoms with Crippen molar-refractivity contribution in [1.82, 2.24) is 120 Å². The molecule has 0 aliphatic carbocycles. The molecule has 0 radical (unpaired) electrons. The van der Waals surface area contributed by atoms with Crippen molar-refractivity contribution in [2.24, 2.45) is 94.7 Å². The molecule has 0 amide bonds. The van der Waals surface area contributed by atoms with Crippen molar-refractivity contribution < 1.29 is 0 Å². The van der Waals surface area contributed by atoms with E-state index in [1.54, 1.807) is 0 Å². The highest BCUT2D eigenvalue weighted by Crippen LogP contribution is 2.22. The van der Waals surface area contributed by atoms with Crippen LogP contribution in [0.1, 0.15) is 492 Å². The molecule has 0 bridgehead atoms. The highest BCUT2D eigenvalue weighted by molar-refractivity contribution is 5.00. The molecule has 0 aliphatic heterocycles. The predicted molar refractivity (Wildman–Crippen MR) is 589 cm³/mol. The van der Waals surface area contributed by atoms with Gasteiger partial charge in [-0.3, -0.25) is 0 Å².